The maximum atomic E-state index is 13.1. The first kappa shape index (κ1) is 22.3. The lowest BCUT2D eigenvalue weighted by Gasteiger charge is -2.21. The van der Waals surface area contributed by atoms with Crippen molar-refractivity contribution in [3.63, 3.8) is 0 Å². The highest BCUT2D eigenvalue weighted by Gasteiger charge is 2.48. The summed E-state index contributed by atoms with van der Waals surface area (Å²) >= 11 is 0. The number of Topliss-reactive ketones (excluding diaryl/α,β-unsaturated/α-hetero) is 1. The van der Waals surface area contributed by atoms with Crippen LogP contribution in [-0.4, -0.2) is 52.0 Å². The zero-order valence-corrected chi connectivity index (χ0v) is 19.0. The number of nitrogens with one attached hydrogen (secondary N) is 1. The van der Waals surface area contributed by atoms with Crippen LogP contribution >= 0.6 is 0 Å². The third kappa shape index (κ3) is 4.35. The van der Waals surface area contributed by atoms with Gasteiger partial charge in [-0.1, -0.05) is 30.3 Å². The highest BCUT2D eigenvalue weighted by atomic mass is 16.5. The van der Waals surface area contributed by atoms with Gasteiger partial charge in [0.1, 0.15) is 5.54 Å². The first-order valence-corrected chi connectivity index (χ1v) is 11.3. The van der Waals surface area contributed by atoms with Crippen LogP contribution in [0.15, 0.2) is 36.4 Å². The van der Waals surface area contributed by atoms with Crippen LogP contribution < -0.4 is 5.32 Å². The Kier molecular flexibility index (Phi) is 6.20. The Morgan fingerprint density at radius 1 is 1.22 bits per heavy atom. The molecule has 0 bridgehead atoms. The molecule has 2 saturated heterocycles. The number of urea groups is 1. The molecule has 1 aromatic carbocycles. The lowest BCUT2D eigenvalue weighted by molar-refractivity contribution is -0.130. The van der Waals surface area contributed by atoms with Crippen molar-refractivity contribution >= 4 is 17.7 Å². The molecule has 7 nitrogen and oxygen atoms in total. The third-order valence-corrected chi connectivity index (χ3v) is 6.69. The summed E-state index contributed by atoms with van der Waals surface area (Å²) in [6.07, 6.45) is 3.38. The number of hydrogen-bond acceptors (Lipinski definition) is 4. The van der Waals surface area contributed by atoms with Gasteiger partial charge in [0.15, 0.2) is 5.78 Å². The van der Waals surface area contributed by atoms with Gasteiger partial charge in [0.05, 0.1) is 12.6 Å². The number of amides is 3. The molecule has 1 aromatic heterocycles. The smallest absolute Gasteiger partial charge is 0.325 e. The molecule has 32 heavy (non-hydrogen) atoms. The van der Waals surface area contributed by atoms with Crippen LogP contribution in [0.4, 0.5) is 4.79 Å². The van der Waals surface area contributed by atoms with Crippen molar-refractivity contribution in [2.75, 3.05) is 13.2 Å². The second kappa shape index (κ2) is 8.90. The molecule has 7 heteroatoms. The third-order valence-electron chi connectivity index (χ3n) is 6.69. The van der Waals surface area contributed by atoms with E-state index in [2.05, 4.69) is 9.88 Å². The molecule has 2 aliphatic rings. The summed E-state index contributed by atoms with van der Waals surface area (Å²) < 4.78 is 7.83. The van der Waals surface area contributed by atoms with Crippen molar-refractivity contribution in [1.82, 2.24) is 14.8 Å². The van der Waals surface area contributed by atoms with Crippen LogP contribution in [0.5, 0.6) is 0 Å². The molecular formula is C25H31N3O4. The van der Waals surface area contributed by atoms with E-state index in [-0.39, 0.29) is 24.3 Å². The normalized spacial score (nSPS) is 23.1. The second-order valence-electron chi connectivity index (χ2n) is 9.09. The maximum Gasteiger partial charge on any atom is 0.325 e. The quantitative estimate of drug-likeness (QED) is 0.507. The lowest BCUT2D eigenvalue weighted by Crippen LogP contribution is -2.44. The average molecular weight is 438 g/mol. The van der Waals surface area contributed by atoms with Crippen LogP contribution in [-0.2, 0) is 22.5 Å². The largest absolute Gasteiger partial charge is 0.376 e. The van der Waals surface area contributed by atoms with Crippen molar-refractivity contribution in [3.05, 3.63) is 58.9 Å². The molecular weight excluding hydrogens is 406 g/mol. The van der Waals surface area contributed by atoms with Gasteiger partial charge in [-0.2, -0.15) is 0 Å². The Bertz CT molecular complexity index is 1020. The van der Waals surface area contributed by atoms with E-state index >= 15 is 0 Å². The molecule has 4 rings (SSSR count). The van der Waals surface area contributed by atoms with Gasteiger partial charge in [0.25, 0.3) is 5.91 Å². The van der Waals surface area contributed by atoms with Crippen LogP contribution in [0, 0.1) is 13.8 Å². The molecule has 170 valence electrons. The molecule has 0 saturated carbocycles. The number of hydrogen-bond donors (Lipinski definition) is 1. The van der Waals surface area contributed by atoms with Gasteiger partial charge in [-0.3, -0.25) is 14.5 Å². The average Bonchev–Trinajstić information content (AvgIpc) is 3.44. The fraction of sp³-hybridized carbons (Fsp3) is 0.480. The minimum Gasteiger partial charge on any atom is -0.376 e. The summed E-state index contributed by atoms with van der Waals surface area (Å²) in [7, 11) is 0. The number of carbonyl (C=O) groups is 3. The molecule has 0 unspecified atom stereocenters. The minimum atomic E-state index is -1.01. The topological polar surface area (TPSA) is 80.6 Å². The Balaban J connectivity index is 1.44. The number of rotatable bonds is 8. The fourth-order valence-corrected chi connectivity index (χ4v) is 4.68. The Labute approximate surface area is 188 Å². The van der Waals surface area contributed by atoms with Gasteiger partial charge in [-0.05, 0) is 58.1 Å². The van der Waals surface area contributed by atoms with E-state index < -0.39 is 11.6 Å². The first-order chi connectivity index (χ1) is 15.3. The molecule has 0 spiro atoms. The molecule has 3 heterocycles. The van der Waals surface area contributed by atoms with Crippen molar-refractivity contribution < 1.29 is 19.1 Å². The molecule has 2 fully saturated rings. The second-order valence-corrected chi connectivity index (χ2v) is 9.09. The first-order valence-electron chi connectivity index (χ1n) is 11.3. The molecule has 3 amide bonds. The minimum absolute atomic E-state index is 0.166. The van der Waals surface area contributed by atoms with Gasteiger partial charge >= 0.3 is 6.03 Å². The zero-order chi connectivity index (χ0) is 22.9. The van der Waals surface area contributed by atoms with Gasteiger partial charge in [-0.15, -0.1) is 0 Å². The van der Waals surface area contributed by atoms with Gasteiger partial charge in [-0.25, -0.2) is 4.79 Å². The van der Waals surface area contributed by atoms with Gasteiger partial charge < -0.3 is 14.6 Å². The summed E-state index contributed by atoms with van der Waals surface area (Å²) in [6, 6.07) is 11.2. The van der Waals surface area contributed by atoms with E-state index in [9.17, 15) is 14.4 Å². The van der Waals surface area contributed by atoms with E-state index in [0.717, 1.165) is 41.3 Å². The van der Waals surface area contributed by atoms with Crippen LogP contribution in [0.1, 0.15) is 53.5 Å². The number of carbonyl (C=O) groups excluding carboxylic acids is 3. The van der Waals surface area contributed by atoms with Crippen molar-refractivity contribution in [1.29, 1.82) is 0 Å². The van der Waals surface area contributed by atoms with Crippen LogP contribution in [0.2, 0.25) is 0 Å². The number of imide groups is 1. The Morgan fingerprint density at radius 3 is 2.66 bits per heavy atom. The van der Waals surface area contributed by atoms with Crippen molar-refractivity contribution in [3.8, 4) is 0 Å². The fourth-order valence-electron chi connectivity index (χ4n) is 4.68. The van der Waals surface area contributed by atoms with E-state index in [4.69, 9.17) is 4.74 Å². The molecule has 2 aromatic rings. The summed E-state index contributed by atoms with van der Waals surface area (Å²) in [5, 5.41) is 2.80. The van der Waals surface area contributed by atoms with Crippen LogP contribution in [0.3, 0.4) is 0 Å². The van der Waals surface area contributed by atoms with Crippen molar-refractivity contribution in [2.24, 2.45) is 0 Å². The van der Waals surface area contributed by atoms with Gasteiger partial charge in [0.2, 0.25) is 0 Å². The molecule has 0 radical (unpaired) electrons. The predicted octanol–water partition coefficient (Wildman–Crippen LogP) is 3.41. The highest BCUT2D eigenvalue weighted by Crippen LogP contribution is 2.25. The molecule has 2 aliphatic heterocycles. The van der Waals surface area contributed by atoms with Crippen molar-refractivity contribution in [2.45, 2.75) is 64.6 Å². The number of ketones is 1. The number of ether oxygens (including phenoxy) is 1. The predicted molar refractivity (Wildman–Crippen MR) is 121 cm³/mol. The number of aromatic nitrogens is 1. The lowest BCUT2D eigenvalue weighted by atomic mass is 9.93. The number of aryl methyl sites for hydroxylation is 2. The monoisotopic (exact) mass is 437 g/mol. The summed E-state index contributed by atoms with van der Waals surface area (Å²) in [4.78, 5) is 39.8. The summed E-state index contributed by atoms with van der Waals surface area (Å²) in [5.41, 5.74) is 2.47. The number of benzene rings is 1. The van der Waals surface area contributed by atoms with E-state index in [1.165, 1.54) is 0 Å². The SMILES string of the molecule is Cc1cc(C(=O)CN2C(=O)N[C@@](C)(CCc3ccccc3)C2=O)c(C)n1C[C@H]1CCCO1. The standard InChI is InChI=1S/C25H31N3O4/c1-17-14-21(18(2)27(17)15-20-10-7-13-32-20)22(29)16-28-23(30)25(3,26-24(28)31)12-11-19-8-5-4-6-9-19/h4-6,8-9,14,20H,7,10-13,15-16H2,1-3H3,(H,26,31)/t20-,25+/m1/s1. The van der Waals surface area contributed by atoms with Gasteiger partial charge in [0, 0.05) is 30.1 Å². The molecule has 0 aliphatic carbocycles. The summed E-state index contributed by atoms with van der Waals surface area (Å²) in [6.45, 7) is 6.85. The Hall–Kier alpha value is -2.93. The summed E-state index contributed by atoms with van der Waals surface area (Å²) in [5.74, 6) is -0.576. The molecule has 1 N–H and O–H groups in total. The number of nitrogens with zero attached hydrogens (tertiary/aromatic N) is 2. The highest BCUT2D eigenvalue weighted by molar-refractivity contribution is 6.11. The maximum absolute atomic E-state index is 13.1. The van der Waals surface area contributed by atoms with E-state index in [1.54, 1.807) is 6.92 Å². The van der Waals surface area contributed by atoms with Crippen LogP contribution in [0.25, 0.3) is 0 Å². The zero-order valence-electron chi connectivity index (χ0n) is 19.0. The van der Waals surface area contributed by atoms with E-state index in [1.807, 2.05) is 50.2 Å². The Morgan fingerprint density at radius 2 is 1.97 bits per heavy atom. The molecule has 2 atom stereocenters. The van der Waals surface area contributed by atoms with E-state index in [0.29, 0.717) is 24.9 Å².